The van der Waals surface area contributed by atoms with Gasteiger partial charge in [0.1, 0.15) is 17.2 Å². The van der Waals surface area contributed by atoms with Gasteiger partial charge in [-0.3, -0.25) is 4.90 Å². The largest absolute Gasteiger partial charge is 0.482 e. The van der Waals surface area contributed by atoms with Crippen LogP contribution in [-0.2, 0) is 32.6 Å². The predicted molar refractivity (Wildman–Crippen MR) is 197 cm³/mol. The molecule has 0 aromatic heterocycles. The Morgan fingerprint density at radius 1 is 1.02 bits per heavy atom. The summed E-state index contributed by atoms with van der Waals surface area (Å²) < 4.78 is 47.8. The first kappa shape index (κ1) is 36.6. The molecule has 0 bridgehead atoms. The number of likely N-dealkylation sites (tertiary alicyclic amines) is 1. The minimum atomic E-state index is -3.91. The van der Waals surface area contributed by atoms with Gasteiger partial charge in [0.2, 0.25) is 10.0 Å². The third-order valence-corrected chi connectivity index (χ3v) is 11.7. The molecule has 0 amide bonds. The third-order valence-electron chi connectivity index (χ3n) is 9.63. The van der Waals surface area contributed by atoms with Gasteiger partial charge in [-0.05, 0) is 79.8 Å². The second kappa shape index (κ2) is 16.0. The number of halogens is 1. The van der Waals surface area contributed by atoms with Crippen molar-refractivity contribution in [2.75, 3.05) is 26.7 Å². The molecule has 0 aliphatic carbocycles. The molecule has 0 saturated carbocycles. The lowest BCUT2D eigenvalue weighted by atomic mass is 9.76. The first-order valence-electron chi connectivity index (χ1n) is 17.0. The molecule has 2 aliphatic rings. The lowest BCUT2D eigenvalue weighted by Gasteiger charge is -2.47. The van der Waals surface area contributed by atoms with Gasteiger partial charge in [0.25, 0.3) is 0 Å². The minimum absolute atomic E-state index is 0.0825. The Hall–Kier alpha value is -4.19. The molecule has 9 nitrogen and oxygen atoms in total. The normalized spacial score (nSPS) is 20.8. The van der Waals surface area contributed by atoms with Gasteiger partial charge < -0.3 is 19.3 Å². The zero-order chi connectivity index (χ0) is 36.1. The van der Waals surface area contributed by atoms with Crippen LogP contribution < -0.4 is 9.47 Å². The van der Waals surface area contributed by atoms with E-state index in [0.717, 1.165) is 48.4 Å². The highest BCUT2D eigenvalue weighted by Gasteiger charge is 2.43. The Kier molecular flexibility index (Phi) is 11.5. The molecule has 0 radical (unpaired) electrons. The smallest absolute Gasteiger partial charge is 0.341 e. The minimum Gasteiger partial charge on any atom is -0.482 e. The summed E-state index contributed by atoms with van der Waals surface area (Å²) in [5, 5.41) is 10.1. The highest BCUT2D eigenvalue weighted by atomic mass is 35.5. The average molecular weight is 731 g/mol. The van der Waals surface area contributed by atoms with E-state index in [1.807, 2.05) is 67.6 Å². The standard InChI is InChI=1S/C40H43ClN2O7S/c1-27(2)34-21-30-25-43(24-29-11-7-8-12-36(29)49-32-15-13-31(41)14-16-32)20-19-37(30)50-40(34)35-22-33(17-18-38(35)48-26-39(44)45)51(46,47)42(3)23-28-9-5-4-6-10-28/h4-18,22,30,34,37,40H,1,19-21,23-26H2,2-3H3,(H,44,45)/t30-,34-,37+,40+/m1/s1. The van der Waals surface area contributed by atoms with Crippen molar-refractivity contribution in [2.24, 2.45) is 11.8 Å². The van der Waals surface area contributed by atoms with Crippen LogP contribution in [0.5, 0.6) is 17.2 Å². The highest BCUT2D eigenvalue weighted by Crippen LogP contribution is 2.48. The number of nitrogens with zero attached hydrogens (tertiary/aromatic N) is 2. The molecule has 51 heavy (non-hydrogen) atoms. The fraction of sp³-hybridized carbons (Fsp3) is 0.325. The van der Waals surface area contributed by atoms with Gasteiger partial charge in [0.15, 0.2) is 6.61 Å². The Morgan fingerprint density at radius 3 is 2.47 bits per heavy atom. The molecule has 2 saturated heterocycles. The van der Waals surface area contributed by atoms with E-state index in [4.69, 9.17) is 25.8 Å². The van der Waals surface area contributed by atoms with Gasteiger partial charge in [-0.15, -0.1) is 0 Å². The molecule has 4 aromatic rings. The molecule has 1 N–H and O–H groups in total. The maximum Gasteiger partial charge on any atom is 0.341 e. The van der Waals surface area contributed by atoms with Crippen LogP contribution in [0.4, 0.5) is 0 Å². The van der Waals surface area contributed by atoms with Crippen LogP contribution in [0.3, 0.4) is 0 Å². The average Bonchev–Trinajstić information content (AvgIpc) is 3.12. The van der Waals surface area contributed by atoms with Gasteiger partial charge >= 0.3 is 5.97 Å². The summed E-state index contributed by atoms with van der Waals surface area (Å²) in [6.07, 6.45) is 0.888. The summed E-state index contributed by atoms with van der Waals surface area (Å²) in [6, 6.07) is 29.3. The van der Waals surface area contributed by atoms with Gasteiger partial charge in [0, 0.05) is 55.3 Å². The first-order chi connectivity index (χ1) is 24.5. The summed E-state index contributed by atoms with van der Waals surface area (Å²) in [7, 11) is -2.36. The van der Waals surface area contributed by atoms with E-state index in [0.29, 0.717) is 22.9 Å². The van der Waals surface area contributed by atoms with E-state index in [1.54, 1.807) is 31.3 Å². The van der Waals surface area contributed by atoms with E-state index in [-0.39, 0.29) is 35.1 Å². The van der Waals surface area contributed by atoms with Crippen molar-refractivity contribution in [3.63, 3.8) is 0 Å². The number of benzene rings is 4. The van der Waals surface area contributed by atoms with Crippen molar-refractivity contribution >= 4 is 27.6 Å². The third kappa shape index (κ3) is 8.83. The number of carbonyl (C=O) groups is 1. The van der Waals surface area contributed by atoms with Crippen LogP contribution in [0, 0.1) is 11.8 Å². The number of rotatable bonds is 13. The fourth-order valence-corrected chi connectivity index (χ4v) is 8.33. The number of hydrogen-bond acceptors (Lipinski definition) is 7. The predicted octanol–water partition coefficient (Wildman–Crippen LogP) is 7.96. The number of aliphatic carboxylic acids is 1. The molecule has 4 aromatic carbocycles. The fourth-order valence-electron chi connectivity index (χ4n) is 7.01. The van der Waals surface area contributed by atoms with Gasteiger partial charge in [-0.1, -0.05) is 72.3 Å². The summed E-state index contributed by atoms with van der Waals surface area (Å²) >= 11 is 6.07. The number of carboxylic acids is 1. The van der Waals surface area contributed by atoms with Crippen molar-refractivity contribution in [3.8, 4) is 17.2 Å². The van der Waals surface area contributed by atoms with Crippen LogP contribution in [0.2, 0.25) is 5.02 Å². The molecule has 268 valence electrons. The number of carboxylic acid groups (broad SMARTS) is 1. The molecule has 11 heteroatoms. The summed E-state index contributed by atoms with van der Waals surface area (Å²) in [5.41, 5.74) is 3.34. The Balaban J connectivity index is 1.22. The molecule has 2 fully saturated rings. The van der Waals surface area contributed by atoms with Crippen LogP contribution in [-0.4, -0.2) is 61.5 Å². The molecule has 0 unspecified atom stereocenters. The quantitative estimate of drug-likeness (QED) is 0.138. The highest BCUT2D eigenvalue weighted by molar-refractivity contribution is 7.89. The summed E-state index contributed by atoms with van der Waals surface area (Å²) in [4.78, 5) is 14.0. The number of ether oxygens (including phenoxy) is 3. The van der Waals surface area contributed by atoms with Crippen LogP contribution in [0.1, 0.15) is 42.6 Å². The summed E-state index contributed by atoms with van der Waals surface area (Å²) in [6.45, 7) is 8.19. The van der Waals surface area contributed by atoms with Gasteiger partial charge in [0.05, 0.1) is 17.1 Å². The van der Waals surface area contributed by atoms with Crippen LogP contribution >= 0.6 is 11.6 Å². The Morgan fingerprint density at radius 2 is 1.75 bits per heavy atom. The molecular weight excluding hydrogens is 688 g/mol. The Bertz CT molecular complexity index is 1960. The van der Waals surface area contributed by atoms with Crippen molar-refractivity contribution in [1.82, 2.24) is 9.21 Å². The zero-order valence-electron chi connectivity index (χ0n) is 28.8. The molecule has 2 heterocycles. The topological polar surface area (TPSA) is 106 Å². The zero-order valence-corrected chi connectivity index (χ0v) is 30.4. The van der Waals surface area contributed by atoms with Crippen LogP contribution in [0.15, 0.2) is 114 Å². The van der Waals surface area contributed by atoms with Crippen LogP contribution in [0.25, 0.3) is 0 Å². The SMILES string of the molecule is C=C(C)[C@H]1C[C@@H]2CN(Cc3ccccc3Oc3ccc(Cl)cc3)CC[C@@H]2O[C@@H]1c1cc(S(=O)(=O)N(C)Cc2ccccc2)ccc1OCC(=O)O. The molecule has 2 aliphatic heterocycles. The molecule has 6 rings (SSSR count). The lowest BCUT2D eigenvalue weighted by molar-refractivity contribution is -0.140. The van der Waals surface area contributed by atoms with Crippen molar-refractivity contribution in [3.05, 3.63) is 131 Å². The first-order valence-corrected chi connectivity index (χ1v) is 18.8. The van der Waals surface area contributed by atoms with Crippen molar-refractivity contribution < 1.29 is 32.5 Å². The number of fused-ring (bicyclic) bond motifs is 1. The number of sulfonamides is 1. The maximum atomic E-state index is 13.8. The van der Waals surface area contributed by atoms with Gasteiger partial charge in [-0.2, -0.15) is 4.31 Å². The molecular formula is C40H43ClN2O7S. The molecule has 4 atom stereocenters. The van der Waals surface area contributed by atoms with E-state index < -0.39 is 28.7 Å². The second-order valence-electron chi connectivity index (χ2n) is 13.4. The monoisotopic (exact) mass is 730 g/mol. The van der Waals surface area contributed by atoms with E-state index in [2.05, 4.69) is 17.5 Å². The Labute approximate surface area is 305 Å². The van der Waals surface area contributed by atoms with E-state index in [9.17, 15) is 18.3 Å². The van der Waals surface area contributed by atoms with Crippen molar-refractivity contribution in [2.45, 2.75) is 50.0 Å². The van der Waals surface area contributed by atoms with Gasteiger partial charge in [-0.25, -0.2) is 13.2 Å². The van der Waals surface area contributed by atoms with E-state index in [1.165, 1.54) is 10.4 Å². The molecule has 0 spiro atoms. The number of piperidine rings is 1. The summed E-state index contributed by atoms with van der Waals surface area (Å²) in [5.74, 6) is 0.709. The second-order valence-corrected chi connectivity index (χ2v) is 15.8. The number of para-hydroxylation sites is 1. The maximum absolute atomic E-state index is 13.8. The number of hydrogen-bond donors (Lipinski definition) is 1. The van der Waals surface area contributed by atoms with E-state index >= 15 is 0 Å². The lowest BCUT2D eigenvalue weighted by Crippen LogP contribution is -2.48. The van der Waals surface area contributed by atoms with Crippen molar-refractivity contribution in [1.29, 1.82) is 0 Å².